The zero-order valence-corrected chi connectivity index (χ0v) is 17.0. The van der Waals surface area contributed by atoms with Gasteiger partial charge in [0, 0.05) is 11.3 Å². The summed E-state index contributed by atoms with van der Waals surface area (Å²) in [7, 11) is 4.45. The molecule has 1 amide bonds. The highest BCUT2D eigenvalue weighted by Crippen LogP contribution is 2.43. The van der Waals surface area contributed by atoms with Gasteiger partial charge in [-0.2, -0.15) is 4.68 Å². The van der Waals surface area contributed by atoms with Gasteiger partial charge in [0.2, 0.25) is 5.91 Å². The molecule has 1 aliphatic rings. The second kappa shape index (κ2) is 8.30. The number of aromatic nitrogens is 4. The first-order chi connectivity index (χ1) is 15.0. The van der Waals surface area contributed by atoms with Crippen LogP contribution >= 0.6 is 0 Å². The molecular formula is C20H19N5O6. The van der Waals surface area contributed by atoms with Gasteiger partial charge < -0.3 is 24.3 Å². The van der Waals surface area contributed by atoms with Crippen molar-refractivity contribution in [1.82, 2.24) is 20.2 Å². The smallest absolute Gasteiger partial charge is 0.343 e. The fourth-order valence-corrected chi connectivity index (χ4v) is 3.42. The summed E-state index contributed by atoms with van der Waals surface area (Å²) >= 11 is 0. The second-order valence-electron chi connectivity index (χ2n) is 6.55. The highest BCUT2D eigenvalue weighted by Gasteiger charge is 2.36. The molecule has 1 N–H and O–H groups in total. The molecule has 2 heterocycles. The van der Waals surface area contributed by atoms with E-state index in [9.17, 15) is 9.59 Å². The number of carbonyl (C=O) groups is 2. The number of methoxy groups -OCH3 is 3. The van der Waals surface area contributed by atoms with Crippen molar-refractivity contribution in [2.24, 2.45) is 0 Å². The average Bonchev–Trinajstić information content (AvgIpc) is 3.41. The standard InChI is InChI=1S/C20H19N5O6/c1-28-14-6-4-11(8-13(14)25-10-21-23-24-25)22-17(26)9-16-12-5-7-15(29-2)19(30-3)18(12)20(27)31-16/h4-8,10,16H,9H2,1-3H3,(H,22,26)/t16-/m1/s1. The van der Waals surface area contributed by atoms with Gasteiger partial charge >= 0.3 is 5.97 Å². The molecule has 0 fully saturated rings. The number of hydrogen-bond acceptors (Lipinski definition) is 9. The van der Waals surface area contributed by atoms with Crippen LogP contribution in [-0.2, 0) is 9.53 Å². The van der Waals surface area contributed by atoms with Crippen molar-refractivity contribution < 1.29 is 28.5 Å². The van der Waals surface area contributed by atoms with E-state index in [0.717, 1.165) is 0 Å². The number of hydrogen-bond donors (Lipinski definition) is 1. The number of nitrogens with one attached hydrogen (secondary N) is 1. The van der Waals surface area contributed by atoms with Crippen molar-refractivity contribution in [3.05, 3.63) is 47.8 Å². The van der Waals surface area contributed by atoms with Crippen LogP contribution in [0.25, 0.3) is 5.69 Å². The summed E-state index contributed by atoms with van der Waals surface area (Å²) in [6, 6.07) is 8.42. The number of carbonyl (C=O) groups excluding carboxylic acids is 2. The Kier molecular flexibility index (Phi) is 5.39. The van der Waals surface area contributed by atoms with Gasteiger partial charge in [-0.25, -0.2) is 4.79 Å². The average molecular weight is 425 g/mol. The Morgan fingerprint density at radius 1 is 1.13 bits per heavy atom. The summed E-state index contributed by atoms with van der Waals surface area (Å²) in [5, 5.41) is 13.9. The number of nitrogens with zero attached hydrogens (tertiary/aromatic N) is 4. The van der Waals surface area contributed by atoms with Gasteiger partial charge in [-0.05, 0) is 34.7 Å². The number of ether oxygens (including phenoxy) is 4. The molecule has 0 aliphatic carbocycles. The van der Waals surface area contributed by atoms with Gasteiger partial charge in [-0.3, -0.25) is 4.79 Å². The van der Waals surface area contributed by atoms with Gasteiger partial charge in [-0.1, -0.05) is 6.07 Å². The zero-order chi connectivity index (χ0) is 22.0. The van der Waals surface area contributed by atoms with Gasteiger partial charge in [0.15, 0.2) is 11.5 Å². The van der Waals surface area contributed by atoms with Gasteiger partial charge in [-0.15, -0.1) is 5.10 Å². The molecule has 160 valence electrons. The molecule has 1 aromatic heterocycles. The van der Waals surface area contributed by atoms with Crippen molar-refractivity contribution in [3.8, 4) is 22.9 Å². The van der Waals surface area contributed by atoms with Crippen molar-refractivity contribution in [2.75, 3.05) is 26.6 Å². The van der Waals surface area contributed by atoms with Crippen molar-refractivity contribution in [1.29, 1.82) is 0 Å². The maximum absolute atomic E-state index is 12.7. The summed E-state index contributed by atoms with van der Waals surface area (Å²) in [4.78, 5) is 25.1. The number of anilines is 1. The van der Waals surface area contributed by atoms with E-state index in [0.29, 0.717) is 28.4 Å². The predicted molar refractivity (Wildman–Crippen MR) is 107 cm³/mol. The molecule has 0 unspecified atom stereocenters. The monoisotopic (exact) mass is 425 g/mol. The number of amides is 1. The first kappa shape index (κ1) is 20.1. The fourth-order valence-electron chi connectivity index (χ4n) is 3.42. The molecule has 1 aliphatic heterocycles. The van der Waals surface area contributed by atoms with Gasteiger partial charge in [0.05, 0.1) is 27.8 Å². The van der Waals surface area contributed by atoms with Crippen LogP contribution in [0.4, 0.5) is 5.69 Å². The van der Waals surface area contributed by atoms with E-state index < -0.39 is 12.1 Å². The van der Waals surface area contributed by atoms with Crippen LogP contribution in [0.2, 0.25) is 0 Å². The molecule has 11 nitrogen and oxygen atoms in total. The van der Waals surface area contributed by atoms with Crippen molar-refractivity contribution >= 4 is 17.6 Å². The second-order valence-corrected chi connectivity index (χ2v) is 6.55. The molecule has 0 spiro atoms. The molecule has 1 atom stereocenters. The summed E-state index contributed by atoms with van der Waals surface area (Å²) in [6.07, 6.45) is 0.611. The fraction of sp³-hybridized carbons (Fsp3) is 0.250. The number of benzene rings is 2. The lowest BCUT2D eigenvalue weighted by atomic mass is 10.0. The Labute approximate surface area is 176 Å². The number of esters is 1. The third kappa shape index (κ3) is 3.72. The number of tetrazole rings is 1. The Balaban J connectivity index is 1.54. The van der Waals surface area contributed by atoms with Gasteiger partial charge in [0.1, 0.15) is 29.4 Å². The van der Waals surface area contributed by atoms with Crippen LogP contribution in [0.15, 0.2) is 36.7 Å². The maximum atomic E-state index is 12.7. The summed E-state index contributed by atoms with van der Waals surface area (Å²) in [6.45, 7) is 0. The minimum absolute atomic E-state index is 0.0690. The van der Waals surface area contributed by atoms with E-state index >= 15 is 0 Å². The highest BCUT2D eigenvalue weighted by atomic mass is 16.6. The van der Waals surface area contributed by atoms with Gasteiger partial charge in [0.25, 0.3) is 0 Å². The Bertz CT molecular complexity index is 1130. The first-order valence-electron chi connectivity index (χ1n) is 9.22. The van der Waals surface area contributed by atoms with Crippen LogP contribution in [-0.4, -0.2) is 53.4 Å². The molecule has 0 radical (unpaired) electrons. The molecule has 0 bridgehead atoms. The third-order valence-corrected chi connectivity index (χ3v) is 4.81. The van der Waals surface area contributed by atoms with Crippen LogP contribution in [0.1, 0.15) is 28.4 Å². The SMILES string of the molecule is COc1ccc(NC(=O)C[C@H]2OC(=O)c3c2ccc(OC)c3OC)cc1-n1cnnn1. The predicted octanol–water partition coefficient (Wildman–Crippen LogP) is 1.93. The quantitative estimate of drug-likeness (QED) is 0.565. The lowest BCUT2D eigenvalue weighted by Gasteiger charge is -2.14. The number of fused-ring (bicyclic) bond motifs is 1. The highest BCUT2D eigenvalue weighted by molar-refractivity contribution is 5.99. The van der Waals surface area contributed by atoms with Crippen LogP contribution in [0.5, 0.6) is 17.2 Å². The van der Waals surface area contributed by atoms with E-state index in [1.54, 1.807) is 30.3 Å². The molecule has 4 rings (SSSR count). The molecule has 2 aromatic carbocycles. The van der Waals surface area contributed by atoms with E-state index in [-0.39, 0.29) is 23.6 Å². The lowest BCUT2D eigenvalue weighted by Crippen LogP contribution is -2.16. The molecular weight excluding hydrogens is 406 g/mol. The van der Waals surface area contributed by atoms with E-state index in [1.165, 1.54) is 32.3 Å². The maximum Gasteiger partial charge on any atom is 0.343 e. The molecule has 11 heteroatoms. The molecule has 3 aromatic rings. The largest absolute Gasteiger partial charge is 0.494 e. The third-order valence-electron chi connectivity index (χ3n) is 4.81. The minimum atomic E-state index is -0.737. The summed E-state index contributed by atoms with van der Waals surface area (Å²) in [5.41, 5.74) is 1.90. The normalized spacial score (nSPS) is 14.5. The molecule has 0 saturated heterocycles. The van der Waals surface area contributed by atoms with Crippen molar-refractivity contribution in [3.63, 3.8) is 0 Å². The Morgan fingerprint density at radius 2 is 1.90 bits per heavy atom. The molecule has 31 heavy (non-hydrogen) atoms. The van der Waals surface area contributed by atoms with E-state index in [2.05, 4.69) is 20.8 Å². The van der Waals surface area contributed by atoms with Crippen molar-refractivity contribution in [2.45, 2.75) is 12.5 Å². The molecule has 0 saturated carbocycles. The topological polar surface area (TPSA) is 127 Å². The van der Waals surface area contributed by atoms with Crippen LogP contribution in [0, 0.1) is 0 Å². The number of rotatable bonds is 7. The van der Waals surface area contributed by atoms with Crippen LogP contribution in [0.3, 0.4) is 0 Å². The number of cyclic esters (lactones) is 1. The van der Waals surface area contributed by atoms with E-state index in [1.807, 2.05) is 0 Å². The Hall–Kier alpha value is -4.15. The van der Waals surface area contributed by atoms with Crippen LogP contribution < -0.4 is 19.5 Å². The first-order valence-corrected chi connectivity index (χ1v) is 9.22. The minimum Gasteiger partial charge on any atom is -0.494 e. The van der Waals surface area contributed by atoms with E-state index in [4.69, 9.17) is 18.9 Å². The Morgan fingerprint density at radius 3 is 2.58 bits per heavy atom. The lowest BCUT2D eigenvalue weighted by molar-refractivity contribution is -0.118. The summed E-state index contributed by atoms with van der Waals surface area (Å²) in [5.74, 6) is 0.332. The zero-order valence-electron chi connectivity index (χ0n) is 17.0. The summed E-state index contributed by atoms with van der Waals surface area (Å²) < 4.78 is 22.7.